The summed E-state index contributed by atoms with van der Waals surface area (Å²) in [6.07, 6.45) is 0. The summed E-state index contributed by atoms with van der Waals surface area (Å²) in [5.41, 5.74) is 1.45. The van der Waals surface area contributed by atoms with Crippen LogP contribution in [-0.4, -0.2) is 36.6 Å². The van der Waals surface area contributed by atoms with Crippen molar-refractivity contribution in [3.05, 3.63) is 12.2 Å². The topological polar surface area (TPSA) is 15.3 Å². The molecule has 14 heavy (non-hydrogen) atoms. The Bertz CT molecular complexity index is 164. The number of rotatable bonds is 6. The lowest BCUT2D eigenvalue weighted by atomic mass is 10.1. The quantitative estimate of drug-likeness (QED) is 0.659. The van der Waals surface area contributed by atoms with Crippen LogP contribution in [0.2, 0.25) is 0 Å². The Kier molecular flexibility index (Phi) is 6.05. The van der Waals surface area contributed by atoms with Gasteiger partial charge in [0.05, 0.1) is 0 Å². The largest absolute Gasteiger partial charge is 0.308 e. The number of likely N-dealkylation sites (N-methyl/N-ethyl adjacent to an activating group) is 1. The third kappa shape index (κ3) is 7.10. The summed E-state index contributed by atoms with van der Waals surface area (Å²) < 4.78 is 0. The molecule has 0 amide bonds. The van der Waals surface area contributed by atoms with Crippen LogP contribution in [0.3, 0.4) is 0 Å². The number of nitrogens with zero attached hydrogens (tertiary/aromatic N) is 1. The summed E-state index contributed by atoms with van der Waals surface area (Å²) in [5, 5.41) is 3.45. The lowest BCUT2D eigenvalue weighted by Gasteiger charge is -2.24. The molecule has 0 aromatic heterocycles. The molecule has 2 nitrogen and oxygen atoms in total. The van der Waals surface area contributed by atoms with Crippen LogP contribution in [-0.2, 0) is 0 Å². The van der Waals surface area contributed by atoms with Gasteiger partial charge in [0.1, 0.15) is 0 Å². The van der Waals surface area contributed by atoms with E-state index in [9.17, 15) is 0 Å². The molecule has 0 aliphatic heterocycles. The van der Waals surface area contributed by atoms with E-state index >= 15 is 0 Å². The summed E-state index contributed by atoms with van der Waals surface area (Å²) in [5.74, 6) is 0. The highest BCUT2D eigenvalue weighted by atomic mass is 15.1. The number of hydrogen-bond acceptors (Lipinski definition) is 2. The first-order chi connectivity index (χ1) is 6.39. The maximum atomic E-state index is 4.09. The maximum absolute atomic E-state index is 4.09. The SMILES string of the molecule is C=C(CNC(C)(C)C)CN(CC)CC. The monoisotopic (exact) mass is 198 g/mol. The van der Waals surface area contributed by atoms with Gasteiger partial charge in [0.25, 0.3) is 0 Å². The van der Waals surface area contributed by atoms with Crippen LogP contribution in [0, 0.1) is 0 Å². The van der Waals surface area contributed by atoms with E-state index < -0.39 is 0 Å². The lowest BCUT2D eigenvalue weighted by molar-refractivity contribution is 0.323. The van der Waals surface area contributed by atoms with E-state index in [1.807, 2.05) is 0 Å². The maximum Gasteiger partial charge on any atom is 0.0202 e. The van der Waals surface area contributed by atoms with Crippen molar-refractivity contribution in [2.24, 2.45) is 0 Å². The molecule has 0 atom stereocenters. The molecular formula is C12H26N2. The Morgan fingerprint density at radius 1 is 1.21 bits per heavy atom. The van der Waals surface area contributed by atoms with Gasteiger partial charge in [-0.2, -0.15) is 0 Å². The van der Waals surface area contributed by atoms with Crippen LogP contribution >= 0.6 is 0 Å². The van der Waals surface area contributed by atoms with Gasteiger partial charge in [0.15, 0.2) is 0 Å². The molecule has 0 aromatic rings. The Morgan fingerprint density at radius 2 is 1.71 bits per heavy atom. The normalized spacial score (nSPS) is 12.1. The highest BCUT2D eigenvalue weighted by Gasteiger charge is 2.09. The molecule has 84 valence electrons. The van der Waals surface area contributed by atoms with E-state index in [1.54, 1.807) is 0 Å². The summed E-state index contributed by atoms with van der Waals surface area (Å²) in [7, 11) is 0. The minimum absolute atomic E-state index is 0.187. The van der Waals surface area contributed by atoms with Crippen molar-refractivity contribution in [3.63, 3.8) is 0 Å². The summed E-state index contributed by atoms with van der Waals surface area (Å²) in [4.78, 5) is 2.38. The summed E-state index contributed by atoms with van der Waals surface area (Å²) in [6, 6.07) is 0. The Balaban J connectivity index is 3.75. The van der Waals surface area contributed by atoms with E-state index in [0.29, 0.717) is 0 Å². The van der Waals surface area contributed by atoms with E-state index in [1.165, 1.54) is 5.57 Å². The van der Waals surface area contributed by atoms with Gasteiger partial charge >= 0.3 is 0 Å². The van der Waals surface area contributed by atoms with Gasteiger partial charge in [-0.05, 0) is 39.4 Å². The van der Waals surface area contributed by atoms with Gasteiger partial charge < -0.3 is 5.32 Å². The molecule has 0 spiro atoms. The third-order valence-corrected chi connectivity index (χ3v) is 2.21. The van der Waals surface area contributed by atoms with Crippen LogP contribution in [0.15, 0.2) is 12.2 Å². The van der Waals surface area contributed by atoms with Gasteiger partial charge in [0, 0.05) is 18.6 Å². The van der Waals surface area contributed by atoms with Crippen LogP contribution in [0.5, 0.6) is 0 Å². The molecule has 0 unspecified atom stereocenters. The fourth-order valence-electron chi connectivity index (χ4n) is 1.21. The van der Waals surface area contributed by atoms with Gasteiger partial charge in [-0.1, -0.05) is 20.4 Å². The van der Waals surface area contributed by atoms with Crippen molar-refractivity contribution in [2.45, 2.75) is 40.2 Å². The highest BCUT2D eigenvalue weighted by molar-refractivity contribution is 5.00. The first-order valence-corrected chi connectivity index (χ1v) is 5.53. The van der Waals surface area contributed by atoms with Crippen molar-refractivity contribution in [3.8, 4) is 0 Å². The Labute approximate surface area is 89.4 Å². The second kappa shape index (κ2) is 6.20. The first-order valence-electron chi connectivity index (χ1n) is 5.53. The molecule has 0 bridgehead atoms. The number of nitrogens with one attached hydrogen (secondary N) is 1. The Morgan fingerprint density at radius 3 is 2.07 bits per heavy atom. The lowest BCUT2D eigenvalue weighted by Crippen LogP contribution is -2.38. The van der Waals surface area contributed by atoms with Crippen LogP contribution in [0.4, 0.5) is 0 Å². The number of hydrogen-bond donors (Lipinski definition) is 1. The minimum atomic E-state index is 0.187. The van der Waals surface area contributed by atoms with Crippen LogP contribution < -0.4 is 5.32 Å². The van der Waals surface area contributed by atoms with Crippen LogP contribution in [0.25, 0.3) is 0 Å². The van der Waals surface area contributed by atoms with E-state index in [2.05, 4.69) is 51.4 Å². The van der Waals surface area contributed by atoms with Crippen molar-refractivity contribution < 1.29 is 0 Å². The van der Waals surface area contributed by atoms with Crippen molar-refractivity contribution >= 4 is 0 Å². The standard InChI is InChI=1S/C12H26N2/c1-7-14(8-2)10-11(3)9-13-12(4,5)6/h13H,3,7-10H2,1-2,4-6H3. The second-order valence-electron chi connectivity index (χ2n) is 4.81. The molecule has 0 saturated heterocycles. The highest BCUT2D eigenvalue weighted by Crippen LogP contribution is 2.01. The molecule has 2 heteroatoms. The van der Waals surface area contributed by atoms with Crippen molar-refractivity contribution in [1.29, 1.82) is 0 Å². The van der Waals surface area contributed by atoms with E-state index in [0.717, 1.165) is 26.2 Å². The fraction of sp³-hybridized carbons (Fsp3) is 0.833. The molecule has 0 heterocycles. The van der Waals surface area contributed by atoms with E-state index in [4.69, 9.17) is 0 Å². The average Bonchev–Trinajstić information content (AvgIpc) is 2.09. The summed E-state index contributed by atoms with van der Waals surface area (Å²) in [6.45, 7) is 19.1. The van der Waals surface area contributed by atoms with Crippen molar-refractivity contribution in [2.75, 3.05) is 26.2 Å². The molecule has 0 rings (SSSR count). The van der Waals surface area contributed by atoms with Gasteiger partial charge in [-0.25, -0.2) is 0 Å². The molecule has 0 radical (unpaired) electrons. The van der Waals surface area contributed by atoms with Crippen molar-refractivity contribution in [1.82, 2.24) is 10.2 Å². The Hall–Kier alpha value is -0.340. The zero-order valence-electron chi connectivity index (χ0n) is 10.5. The predicted molar refractivity (Wildman–Crippen MR) is 64.7 cm³/mol. The minimum Gasteiger partial charge on any atom is -0.308 e. The fourth-order valence-corrected chi connectivity index (χ4v) is 1.21. The zero-order chi connectivity index (χ0) is 11.2. The second-order valence-corrected chi connectivity index (χ2v) is 4.81. The molecular weight excluding hydrogens is 172 g/mol. The molecule has 1 N–H and O–H groups in total. The molecule has 0 aliphatic carbocycles. The van der Waals surface area contributed by atoms with Gasteiger partial charge in [-0.3, -0.25) is 4.90 Å². The van der Waals surface area contributed by atoms with E-state index in [-0.39, 0.29) is 5.54 Å². The van der Waals surface area contributed by atoms with Gasteiger partial charge in [-0.15, -0.1) is 0 Å². The third-order valence-electron chi connectivity index (χ3n) is 2.21. The predicted octanol–water partition coefficient (Wildman–Crippen LogP) is 2.27. The molecule has 0 fully saturated rings. The smallest absolute Gasteiger partial charge is 0.0202 e. The summed E-state index contributed by atoms with van der Waals surface area (Å²) >= 11 is 0. The zero-order valence-corrected chi connectivity index (χ0v) is 10.5. The van der Waals surface area contributed by atoms with Gasteiger partial charge in [0.2, 0.25) is 0 Å². The molecule has 0 aromatic carbocycles. The first kappa shape index (κ1) is 13.7. The molecule has 0 aliphatic rings. The average molecular weight is 198 g/mol. The van der Waals surface area contributed by atoms with Crippen LogP contribution in [0.1, 0.15) is 34.6 Å². The molecule has 0 saturated carbocycles.